The minimum atomic E-state index is -4.43. The molecule has 0 saturated heterocycles. The molecule has 0 aliphatic heterocycles. The van der Waals surface area contributed by atoms with Crippen LogP contribution in [0.1, 0.15) is 40.0 Å². The Bertz CT molecular complexity index is 489. The molecule has 0 saturated carbocycles. The van der Waals surface area contributed by atoms with Gasteiger partial charge < -0.3 is 14.6 Å². The number of hydrogen-bond acceptors (Lipinski definition) is 3. The van der Waals surface area contributed by atoms with E-state index in [1.54, 1.807) is 0 Å². The van der Waals surface area contributed by atoms with E-state index in [-0.39, 0.29) is 16.9 Å². The van der Waals surface area contributed by atoms with Gasteiger partial charge in [-0.2, -0.15) is 13.2 Å². The fourth-order valence-electron chi connectivity index (χ4n) is 2.32. The fraction of sp³-hybridized carbons (Fsp3) is 0.545. The summed E-state index contributed by atoms with van der Waals surface area (Å²) in [7, 11) is 0. The molecule has 0 amide bonds. The van der Waals surface area contributed by atoms with E-state index in [0.29, 0.717) is 0 Å². The van der Waals surface area contributed by atoms with E-state index in [1.165, 1.54) is 6.92 Å². The maximum atomic E-state index is 12.6. The Labute approximate surface area is 100 Å². The van der Waals surface area contributed by atoms with Crippen LogP contribution < -0.4 is 0 Å². The van der Waals surface area contributed by atoms with Crippen molar-refractivity contribution in [3.63, 3.8) is 0 Å². The number of carboxylic acids is 1. The van der Waals surface area contributed by atoms with E-state index < -0.39 is 42.8 Å². The summed E-state index contributed by atoms with van der Waals surface area (Å²) in [5.74, 6) is -3.53. The van der Waals surface area contributed by atoms with Gasteiger partial charge in [0.15, 0.2) is 0 Å². The minimum absolute atomic E-state index is 0.0778. The highest BCUT2D eigenvalue weighted by molar-refractivity contribution is 5.86. The second-order valence-corrected chi connectivity index (χ2v) is 4.39. The Balaban J connectivity index is 2.43. The predicted octanol–water partition coefficient (Wildman–Crippen LogP) is 2.44. The van der Waals surface area contributed by atoms with Gasteiger partial charge in [0.1, 0.15) is 5.76 Å². The Morgan fingerprint density at radius 1 is 1.44 bits per heavy atom. The van der Waals surface area contributed by atoms with Gasteiger partial charge in [-0.05, 0) is 13.3 Å². The number of hydrogen-bond donors (Lipinski definition) is 2. The molecular formula is C11H11F3O4. The lowest BCUT2D eigenvalue weighted by molar-refractivity contribution is -0.185. The van der Waals surface area contributed by atoms with Gasteiger partial charge in [-0.25, -0.2) is 4.79 Å². The smallest absolute Gasteiger partial charge is 0.392 e. The summed E-state index contributed by atoms with van der Waals surface area (Å²) < 4.78 is 42.8. The number of alkyl halides is 3. The molecule has 18 heavy (non-hydrogen) atoms. The maximum Gasteiger partial charge on any atom is 0.392 e. The van der Waals surface area contributed by atoms with Gasteiger partial charge in [0.2, 0.25) is 5.76 Å². The van der Waals surface area contributed by atoms with Crippen LogP contribution in [0, 0.1) is 12.8 Å². The molecular weight excluding hydrogens is 253 g/mol. The minimum Gasteiger partial charge on any atom is -0.475 e. The molecule has 100 valence electrons. The molecule has 0 aromatic carbocycles. The van der Waals surface area contributed by atoms with Crippen LogP contribution in [0.5, 0.6) is 0 Å². The molecule has 2 rings (SSSR count). The number of fused-ring (bicyclic) bond motifs is 1. The molecule has 1 aromatic heterocycles. The molecule has 2 N–H and O–H groups in total. The largest absolute Gasteiger partial charge is 0.475 e. The standard InChI is InChI=1S/C11H11F3O4/c1-4-8-6(15)2-5(11(12,13)14)3-7(8)18-9(4)10(16)17/h5-6,15H,2-3H2,1H3,(H,16,17)/t5-,6+/m1/s1. The Hall–Kier alpha value is -1.50. The second kappa shape index (κ2) is 4.01. The summed E-state index contributed by atoms with van der Waals surface area (Å²) in [4.78, 5) is 10.8. The van der Waals surface area contributed by atoms with Gasteiger partial charge in [-0.15, -0.1) is 0 Å². The number of furan rings is 1. The monoisotopic (exact) mass is 264 g/mol. The van der Waals surface area contributed by atoms with E-state index in [9.17, 15) is 23.1 Å². The van der Waals surface area contributed by atoms with Crippen molar-refractivity contribution in [3.8, 4) is 0 Å². The van der Waals surface area contributed by atoms with E-state index in [1.807, 2.05) is 0 Å². The molecule has 1 aliphatic carbocycles. The van der Waals surface area contributed by atoms with Crippen LogP contribution in [0.25, 0.3) is 0 Å². The van der Waals surface area contributed by atoms with Crippen molar-refractivity contribution in [1.82, 2.24) is 0 Å². The molecule has 1 heterocycles. The average Bonchev–Trinajstić information content (AvgIpc) is 2.55. The van der Waals surface area contributed by atoms with Gasteiger partial charge in [-0.1, -0.05) is 0 Å². The maximum absolute atomic E-state index is 12.6. The lowest BCUT2D eigenvalue weighted by Crippen LogP contribution is -2.30. The zero-order valence-corrected chi connectivity index (χ0v) is 9.41. The number of halogens is 3. The Morgan fingerprint density at radius 2 is 2.06 bits per heavy atom. The highest BCUT2D eigenvalue weighted by atomic mass is 19.4. The molecule has 1 aromatic rings. The molecule has 1 aliphatic rings. The van der Waals surface area contributed by atoms with Crippen LogP contribution in [0.2, 0.25) is 0 Å². The van der Waals surface area contributed by atoms with Crippen molar-refractivity contribution in [2.45, 2.75) is 32.0 Å². The van der Waals surface area contributed by atoms with Crippen molar-refractivity contribution in [3.05, 3.63) is 22.6 Å². The molecule has 0 bridgehead atoms. The summed E-state index contributed by atoms with van der Waals surface area (Å²) in [5, 5.41) is 18.5. The van der Waals surface area contributed by atoms with Crippen LogP contribution in [0.3, 0.4) is 0 Å². The molecule has 2 atom stereocenters. The van der Waals surface area contributed by atoms with E-state index in [4.69, 9.17) is 9.52 Å². The van der Waals surface area contributed by atoms with Crippen LogP contribution in [0.4, 0.5) is 13.2 Å². The third-order valence-corrected chi connectivity index (χ3v) is 3.20. The van der Waals surface area contributed by atoms with Crippen molar-refractivity contribution >= 4 is 5.97 Å². The zero-order chi connectivity index (χ0) is 13.7. The molecule has 7 heteroatoms. The quantitative estimate of drug-likeness (QED) is 0.817. The van der Waals surface area contributed by atoms with Gasteiger partial charge in [0, 0.05) is 17.5 Å². The molecule has 0 fully saturated rings. The number of rotatable bonds is 1. The third kappa shape index (κ3) is 1.98. The first-order chi connectivity index (χ1) is 8.21. The van der Waals surface area contributed by atoms with Gasteiger partial charge in [-0.3, -0.25) is 0 Å². The highest BCUT2D eigenvalue weighted by Gasteiger charge is 2.46. The second-order valence-electron chi connectivity index (χ2n) is 4.39. The van der Waals surface area contributed by atoms with E-state index in [2.05, 4.69) is 0 Å². The summed E-state index contributed by atoms with van der Waals surface area (Å²) in [5.41, 5.74) is 0.388. The SMILES string of the molecule is Cc1c(C(=O)O)oc2c1[C@@H](O)C[C@@H](C(F)(F)F)C2. The van der Waals surface area contributed by atoms with Crippen molar-refractivity contribution in [2.24, 2.45) is 5.92 Å². The van der Waals surface area contributed by atoms with Crippen molar-refractivity contribution in [1.29, 1.82) is 0 Å². The van der Waals surface area contributed by atoms with E-state index >= 15 is 0 Å². The number of aliphatic hydroxyl groups is 1. The summed E-state index contributed by atoms with van der Waals surface area (Å²) in [6.45, 7) is 1.42. The number of carboxylic acid groups (broad SMARTS) is 1. The highest BCUT2D eigenvalue weighted by Crippen LogP contribution is 2.44. The van der Waals surface area contributed by atoms with Gasteiger partial charge in [0.05, 0.1) is 12.0 Å². The number of aromatic carboxylic acids is 1. The summed E-state index contributed by atoms with van der Waals surface area (Å²) >= 11 is 0. The average molecular weight is 264 g/mol. The Morgan fingerprint density at radius 3 is 2.56 bits per heavy atom. The molecule has 0 spiro atoms. The van der Waals surface area contributed by atoms with Crippen molar-refractivity contribution < 1.29 is 32.6 Å². The van der Waals surface area contributed by atoms with Crippen molar-refractivity contribution in [2.75, 3.05) is 0 Å². The van der Waals surface area contributed by atoms with Crippen LogP contribution in [0.15, 0.2) is 4.42 Å². The van der Waals surface area contributed by atoms with E-state index in [0.717, 1.165) is 0 Å². The normalized spacial score (nSPS) is 23.8. The lowest BCUT2D eigenvalue weighted by atomic mass is 9.84. The molecule has 0 radical (unpaired) electrons. The molecule has 4 nitrogen and oxygen atoms in total. The third-order valence-electron chi connectivity index (χ3n) is 3.20. The van der Waals surface area contributed by atoms with Gasteiger partial charge in [0.25, 0.3) is 0 Å². The van der Waals surface area contributed by atoms with Crippen LogP contribution >= 0.6 is 0 Å². The topological polar surface area (TPSA) is 70.7 Å². The predicted molar refractivity (Wildman–Crippen MR) is 53.2 cm³/mol. The first-order valence-corrected chi connectivity index (χ1v) is 5.32. The lowest BCUT2D eigenvalue weighted by Gasteiger charge is -2.27. The number of carbonyl (C=O) groups is 1. The number of aliphatic hydroxyl groups excluding tert-OH is 1. The Kier molecular flexibility index (Phi) is 2.89. The summed E-state index contributed by atoms with van der Waals surface area (Å²) in [6, 6.07) is 0. The fourth-order valence-corrected chi connectivity index (χ4v) is 2.32. The molecule has 0 unspecified atom stereocenters. The first-order valence-electron chi connectivity index (χ1n) is 5.32. The van der Waals surface area contributed by atoms with Crippen LogP contribution in [-0.2, 0) is 6.42 Å². The summed E-state index contributed by atoms with van der Waals surface area (Å²) in [6.07, 6.45) is -6.65. The zero-order valence-electron chi connectivity index (χ0n) is 9.41. The van der Waals surface area contributed by atoms with Gasteiger partial charge >= 0.3 is 12.1 Å². The van der Waals surface area contributed by atoms with Crippen LogP contribution in [-0.4, -0.2) is 22.4 Å². The first kappa shape index (κ1) is 12.9.